The highest BCUT2D eigenvalue weighted by Gasteiger charge is 2.43. The van der Waals surface area contributed by atoms with E-state index in [2.05, 4.69) is 13.0 Å². The Kier molecular flexibility index (Phi) is 4.34. The van der Waals surface area contributed by atoms with Gasteiger partial charge in [-0.15, -0.1) is 0 Å². The van der Waals surface area contributed by atoms with Crippen LogP contribution in [0.25, 0.3) is 0 Å². The second-order valence-electron chi connectivity index (χ2n) is 8.10. The Morgan fingerprint density at radius 2 is 1.77 bits per heavy atom. The summed E-state index contributed by atoms with van der Waals surface area (Å²) < 4.78 is 28.5. The van der Waals surface area contributed by atoms with Crippen molar-refractivity contribution < 1.29 is 8.42 Å². The van der Waals surface area contributed by atoms with E-state index in [-0.39, 0.29) is 5.41 Å². The van der Waals surface area contributed by atoms with Crippen molar-refractivity contribution in [3.63, 3.8) is 0 Å². The number of fused-ring (bicyclic) bond motifs is 1. The minimum Gasteiger partial charge on any atom is -0.266 e. The maximum Gasteiger partial charge on any atom is 0.264 e. The first-order valence-corrected chi connectivity index (χ1v) is 11.0. The molecular formula is C22H27NO2S. The van der Waals surface area contributed by atoms with Crippen LogP contribution in [-0.2, 0) is 16.4 Å². The number of rotatable bonds is 2. The lowest BCUT2D eigenvalue weighted by molar-refractivity contribution is 0.202. The van der Waals surface area contributed by atoms with Gasteiger partial charge in [-0.2, -0.15) is 0 Å². The van der Waals surface area contributed by atoms with Gasteiger partial charge in [-0.3, -0.25) is 4.31 Å². The molecule has 4 heteroatoms. The molecule has 4 rings (SSSR count). The summed E-state index contributed by atoms with van der Waals surface area (Å²) in [6.45, 7) is 4.89. The van der Waals surface area contributed by atoms with Crippen LogP contribution in [0.3, 0.4) is 0 Å². The number of hydrogen-bond donors (Lipinski definition) is 0. The number of benzene rings is 2. The van der Waals surface area contributed by atoms with Gasteiger partial charge in [0.25, 0.3) is 10.0 Å². The van der Waals surface area contributed by atoms with Crippen molar-refractivity contribution in [3.05, 3.63) is 59.7 Å². The molecule has 2 aromatic carbocycles. The van der Waals surface area contributed by atoms with E-state index >= 15 is 0 Å². The number of hydrogen-bond acceptors (Lipinski definition) is 2. The van der Waals surface area contributed by atoms with Crippen LogP contribution < -0.4 is 4.31 Å². The van der Waals surface area contributed by atoms with Gasteiger partial charge in [0, 0.05) is 6.54 Å². The molecule has 2 aromatic rings. The maximum atomic E-state index is 13.4. The van der Waals surface area contributed by atoms with E-state index in [1.54, 1.807) is 16.4 Å². The third kappa shape index (κ3) is 2.84. The number of anilines is 1. The maximum absolute atomic E-state index is 13.4. The van der Waals surface area contributed by atoms with Crippen LogP contribution in [0.1, 0.15) is 43.7 Å². The van der Waals surface area contributed by atoms with Gasteiger partial charge in [0.2, 0.25) is 0 Å². The molecule has 2 unspecified atom stereocenters. The largest absolute Gasteiger partial charge is 0.266 e. The molecule has 1 heterocycles. The van der Waals surface area contributed by atoms with Gasteiger partial charge in [0.05, 0.1) is 10.6 Å². The minimum absolute atomic E-state index is 0.244. The van der Waals surface area contributed by atoms with Gasteiger partial charge in [-0.25, -0.2) is 8.42 Å². The van der Waals surface area contributed by atoms with Gasteiger partial charge < -0.3 is 0 Å². The molecule has 138 valence electrons. The van der Waals surface area contributed by atoms with E-state index in [4.69, 9.17) is 0 Å². The van der Waals surface area contributed by atoms with Crippen LogP contribution in [0.15, 0.2) is 53.4 Å². The first-order valence-electron chi connectivity index (χ1n) is 9.60. The van der Waals surface area contributed by atoms with E-state index in [1.165, 1.54) is 24.8 Å². The fourth-order valence-corrected chi connectivity index (χ4v) is 6.35. The summed E-state index contributed by atoms with van der Waals surface area (Å²) in [5.74, 6) is 0.651. The average molecular weight is 370 g/mol. The molecule has 1 spiro atoms. The van der Waals surface area contributed by atoms with Gasteiger partial charge in [0.15, 0.2) is 0 Å². The topological polar surface area (TPSA) is 37.4 Å². The van der Waals surface area contributed by atoms with Gasteiger partial charge in [-0.1, -0.05) is 55.7 Å². The normalized spacial score (nSPS) is 25.9. The summed E-state index contributed by atoms with van der Waals surface area (Å²) in [5.41, 5.74) is 3.35. The Bertz CT molecular complexity index is 904. The van der Waals surface area contributed by atoms with Crippen LogP contribution in [0, 0.1) is 18.3 Å². The summed E-state index contributed by atoms with van der Waals surface area (Å²) in [6, 6.07) is 15.3. The molecule has 1 saturated carbocycles. The summed E-state index contributed by atoms with van der Waals surface area (Å²) in [7, 11) is -3.55. The fraction of sp³-hybridized carbons (Fsp3) is 0.455. The first kappa shape index (κ1) is 17.6. The van der Waals surface area contributed by atoms with Gasteiger partial charge in [-0.05, 0) is 61.3 Å². The highest BCUT2D eigenvalue weighted by molar-refractivity contribution is 7.92. The van der Waals surface area contributed by atoms with Crippen molar-refractivity contribution in [2.45, 2.75) is 50.8 Å². The number of aryl methyl sites for hydroxylation is 1. The lowest BCUT2D eigenvalue weighted by Gasteiger charge is -2.33. The molecule has 26 heavy (non-hydrogen) atoms. The molecule has 0 aromatic heterocycles. The molecule has 2 atom stereocenters. The van der Waals surface area contributed by atoms with Crippen molar-refractivity contribution in [3.8, 4) is 0 Å². The second-order valence-corrected chi connectivity index (χ2v) is 9.96. The molecule has 1 fully saturated rings. The Labute approximate surface area is 157 Å². The molecule has 0 amide bonds. The quantitative estimate of drug-likeness (QED) is 0.752. The zero-order valence-corrected chi connectivity index (χ0v) is 16.4. The SMILES string of the molecule is Cc1ccc(S(=O)(=O)N2CCC3(CCCC3C)Cc3ccccc32)cc1. The van der Waals surface area contributed by atoms with Crippen LogP contribution in [0.5, 0.6) is 0 Å². The predicted molar refractivity (Wildman–Crippen MR) is 106 cm³/mol. The lowest BCUT2D eigenvalue weighted by Crippen LogP contribution is -2.34. The van der Waals surface area contributed by atoms with Crippen LogP contribution in [-0.4, -0.2) is 15.0 Å². The third-order valence-corrected chi connectivity index (χ3v) is 8.41. The molecule has 3 nitrogen and oxygen atoms in total. The molecule has 1 aliphatic carbocycles. The van der Waals surface area contributed by atoms with Crippen molar-refractivity contribution >= 4 is 15.7 Å². The highest BCUT2D eigenvalue weighted by Crippen LogP contribution is 2.51. The summed E-state index contributed by atoms with van der Waals surface area (Å²) in [4.78, 5) is 0.383. The van der Waals surface area contributed by atoms with Crippen LogP contribution in [0.4, 0.5) is 5.69 Å². The number of nitrogens with zero attached hydrogens (tertiary/aromatic N) is 1. The van der Waals surface area contributed by atoms with Crippen molar-refractivity contribution in [1.82, 2.24) is 0 Å². The number of para-hydroxylation sites is 1. The minimum atomic E-state index is -3.55. The zero-order chi connectivity index (χ0) is 18.4. The van der Waals surface area contributed by atoms with E-state index < -0.39 is 10.0 Å². The Morgan fingerprint density at radius 1 is 1.04 bits per heavy atom. The standard InChI is InChI=1S/C22H27NO2S/c1-17-9-11-20(12-10-17)26(24,25)23-15-14-22(13-5-6-18(22)2)16-19-7-3-4-8-21(19)23/h3-4,7-12,18H,5-6,13-16H2,1-2H3. The summed E-state index contributed by atoms with van der Waals surface area (Å²) >= 11 is 0. The Hall–Kier alpha value is -1.81. The summed E-state index contributed by atoms with van der Waals surface area (Å²) in [5, 5.41) is 0. The lowest BCUT2D eigenvalue weighted by atomic mass is 9.72. The van der Waals surface area contributed by atoms with E-state index in [9.17, 15) is 8.42 Å². The monoisotopic (exact) mass is 369 g/mol. The Morgan fingerprint density at radius 3 is 2.46 bits per heavy atom. The second kappa shape index (κ2) is 6.41. The molecule has 0 N–H and O–H groups in total. The smallest absolute Gasteiger partial charge is 0.264 e. The van der Waals surface area contributed by atoms with E-state index in [0.29, 0.717) is 17.4 Å². The van der Waals surface area contributed by atoms with Crippen LogP contribution in [0.2, 0.25) is 0 Å². The number of sulfonamides is 1. The first-order chi connectivity index (χ1) is 12.4. The molecule has 0 radical (unpaired) electrons. The van der Waals surface area contributed by atoms with Crippen molar-refractivity contribution in [1.29, 1.82) is 0 Å². The summed E-state index contributed by atoms with van der Waals surface area (Å²) in [6.07, 6.45) is 5.65. The molecule has 2 aliphatic rings. The van der Waals surface area contributed by atoms with Gasteiger partial charge in [0.1, 0.15) is 0 Å². The third-order valence-electron chi connectivity index (χ3n) is 6.58. The molecule has 1 aliphatic heterocycles. The van der Waals surface area contributed by atoms with E-state index in [1.807, 2.05) is 37.3 Å². The van der Waals surface area contributed by atoms with Crippen LogP contribution >= 0.6 is 0 Å². The average Bonchev–Trinajstić information content (AvgIpc) is 2.87. The zero-order valence-electron chi connectivity index (χ0n) is 15.6. The van der Waals surface area contributed by atoms with Gasteiger partial charge >= 0.3 is 0 Å². The van der Waals surface area contributed by atoms with Crippen molar-refractivity contribution in [2.24, 2.45) is 11.3 Å². The predicted octanol–water partition coefficient (Wildman–Crippen LogP) is 4.94. The fourth-order valence-electron chi connectivity index (χ4n) is 4.85. The molecule has 0 bridgehead atoms. The molecular weight excluding hydrogens is 342 g/mol. The Balaban J connectivity index is 1.79. The molecule has 0 saturated heterocycles. The van der Waals surface area contributed by atoms with E-state index in [0.717, 1.165) is 24.1 Å². The highest BCUT2D eigenvalue weighted by atomic mass is 32.2. The van der Waals surface area contributed by atoms with Crippen molar-refractivity contribution in [2.75, 3.05) is 10.8 Å².